The van der Waals surface area contributed by atoms with Gasteiger partial charge in [0.05, 0.1) is 58.4 Å². The summed E-state index contributed by atoms with van der Waals surface area (Å²) in [5, 5.41) is 89.5. The van der Waals surface area contributed by atoms with Crippen molar-refractivity contribution in [2.24, 2.45) is 0 Å². The number of Topliss-reactive ketones (excluding diaryl/α,β-unsaturated/α-hetero) is 1. The van der Waals surface area contributed by atoms with Crippen molar-refractivity contribution in [3.05, 3.63) is 0 Å². The van der Waals surface area contributed by atoms with Crippen molar-refractivity contribution in [2.75, 3.05) is 99.8 Å². The predicted molar refractivity (Wildman–Crippen MR) is 344 cm³/mol. The maximum atomic E-state index is 13.6. The normalized spacial score (nSPS) is 23.8. The molecule has 0 aromatic heterocycles. The van der Waals surface area contributed by atoms with Crippen LogP contribution in [0.25, 0.3) is 0 Å². The van der Waals surface area contributed by atoms with Gasteiger partial charge in [-0.05, 0) is 96.3 Å². The van der Waals surface area contributed by atoms with Crippen LogP contribution >= 0.6 is 0 Å². The maximum absolute atomic E-state index is 13.6. The van der Waals surface area contributed by atoms with Crippen LogP contribution in [-0.4, -0.2) is 273 Å². The van der Waals surface area contributed by atoms with Crippen molar-refractivity contribution >= 4 is 53.4 Å². The van der Waals surface area contributed by atoms with E-state index in [1.54, 1.807) is 19.1 Å². The Labute approximate surface area is 563 Å². The Morgan fingerprint density at radius 1 is 0.500 bits per heavy atom. The Hall–Kier alpha value is -5.49. The number of likely N-dealkylation sites (tertiary alicyclic amines) is 1. The van der Waals surface area contributed by atoms with Gasteiger partial charge in [0.25, 0.3) is 0 Å². The molecule has 0 aliphatic carbocycles. The van der Waals surface area contributed by atoms with Crippen molar-refractivity contribution in [2.45, 2.75) is 253 Å². The van der Waals surface area contributed by atoms with E-state index in [4.69, 9.17) is 37.9 Å². The molecule has 32 heteroatoms. The Kier molecular flexibility index (Phi) is 43.3. The molecule has 10 unspecified atom stereocenters. The summed E-state index contributed by atoms with van der Waals surface area (Å²) >= 11 is 0. The first-order valence-corrected chi connectivity index (χ1v) is 34.2. The lowest BCUT2D eigenvalue weighted by molar-refractivity contribution is -0.270. The number of rotatable bonds is 51. The zero-order chi connectivity index (χ0) is 70.7. The molecule has 0 saturated carbocycles. The van der Waals surface area contributed by atoms with Crippen molar-refractivity contribution in [3.63, 3.8) is 0 Å². The standard InChI is InChI=1S/C64H114N8O24/c1-43(76)69-54-58(85)56(83)48(40-74)95-60(54)91-34-15-21-50(79)65-29-11-5-7-13-31-67-62(87)93-36-18-27-64(26-17-33-73,71-52(81)25-24-46(78)20-9-10-23-53(82)72-39-47(90-4)38-45(72)42-89-3)28-19-37-94-63(88)68-32-14-8-6-12-30-66-51(80)22-16-35-92-61-55(70-44(2)77)59(86)57(84)49(41-75)96-61/h45,47-49,54-61,73-75,83-86H,5-42H2,1-4H3,(H,65,79)(H,66,80)(H,67,87)(H,68,88)(H,69,76)(H,70,77)(H,71,81)/t45-,47+,48?,49?,54?,55?,56?,57?,58?,59?,60?,61?,64?/m1/s1. The molecule has 8 amide bonds. The number of amides is 8. The van der Waals surface area contributed by atoms with E-state index in [-0.39, 0.29) is 113 Å². The Balaban J connectivity index is 1.38. The highest BCUT2D eigenvalue weighted by Crippen LogP contribution is 2.28. The lowest BCUT2D eigenvalue weighted by Crippen LogP contribution is -2.64. The molecule has 32 nitrogen and oxygen atoms in total. The lowest BCUT2D eigenvalue weighted by atomic mass is 9.83. The van der Waals surface area contributed by atoms with E-state index < -0.39 is 104 Å². The fourth-order valence-electron chi connectivity index (χ4n) is 11.7. The molecule has 0 bridgehead atoms. The zero-order valence-corrected chi connectivity index (χ0v) is 56.8. The summed E-state index contributed by atoms with van der Waals surface area (Å²) < 4.78 is 44.1. The van der Waals surface area contributed by atoms with Crippen LogP contribution in [0.3, 0.4) is 0 Å². The minimum absolute atomic E-state index is 0.0104. The lowest BCUT2D eigenvalue weighted by Gasteiger charge is -2.42. The van der Waals surface area contributed by atoms with Crippen molar-refractivity contribution < 1.29 is 117 Å². The van der Waals surface area contributed by atoms with Crippen LogP contribution in [0.1, 0.15) is 174 Å². The van der Waals surface area contributed by atoms with Gasteiger partial charge in [-0.25, -0.2) is 9.59 Å². The van der Waals surface area contributed by atoms with Crippen LogP contribution in [0.4, 0.5) is 9.59 Å². The SMILES string of the molecule is COC[C@H]1C[C@H](OC)CN1C(=O)CCCCC(=O)CCC(=O)NC(CCCO)(CCCOC(=O)NCCCCCCNC(=O)CCCOC1OC(CO)C(O)C(O)C1NC(C)=O)CCCOC(=O)NCCCCCCNC(=O)CCCOC1OC(CO)C(O)C(O)C1NC(C)=O. The Morgan fingerprint density at radius 2 is 0.958 bits per heavy atom. The second kappa shape index (κ2) is 49.1. The summed E-state index contributed by atoms with van der Waals surface area (Å²) in [6, 6.07) is -2.22. The molecule has 3 heterocycles. The first kappa shape index (κ1) is 84.7. The van der Waals surface area contributed by atoms with Gasteiger partial charge in [0.1, 0.15) is 54.5 Å². The quantitative estimate of drug-likeness (QED) is 0.0346. The fraction of sp³-hybridized carbons (Fsp3) is 0.859. The number of nitrogens with one attached hydrogen (secondary N) is 7. The molecule has 3 saturated heterocycles. The van der Waals surface area contributed by atoms with Gasteiger partial charge in [0.2, 0.25) is 35.4 Å². The number of hydrogen-bond acceptors (Lipinski definition) is 24. The van der Waals surface area contributed by atoms with Gasteiger partial charge in [-0.1, -0.05) is 25.7 Å². The second-order valence-electron chi connectivity index (χ2n) is 24.8. The summed E-state index contributed by atoms with van der Waals surface area (Å²) in [5.74, 6) is -1.88. The van der Waals surface area contributed by atoms with Crippen molar-refractivity contribution in [3.8, 4) is 0 Å². The topological polar surface area (TPSA) is 457 Å². The van der Waals surface area contributed by atoms with Crippen LogP contribution < -0.4 is 37.2 Å². The average molecular weight is 1380 g/mol. The van der Waals surface area contributed by atoms with Crippen LogP contribution in [0.15, 0.2) is 0 Å². The number of ether oxygens (including phenoxy) is 8. The van der Waals surface area contributed by atoms with Gasteiger partial charge in [-0.3, -0.25) is 33.6 Å². The van der Waals surface area contributed by atoms with Crippen LogP contribution in [0.2, 0.25) is 0 Å². The highest BCUT2D eigenvalue weighted by atomic mass is 16.7. The highest BCUT2D eigenvalue weighted by Gasteiger charge is 2.47. The zero-order valence-electron chi connectivity index (χ0n) is 56.8. The molecule has 96 heavy (non-hydrogen) atoms. The number of methoxy groups -OCH3 is 2. The number of aliphatic hydroxyl groups is 7. The molecule has 3 rings (SSSR count). The number of unbranched alkanes of at least 4 members (excludes halogenated alkanes) is 7. The van der Waals surface area contributed by atoms with Gasteiger partial charge >= 0.3 is 12.2 Å². The molecule has 0 aromatic rings. The molecule has 3 aliphatic rings. The molecule has 3 aliphatic heterocycles. The number of ketones is 1. The van der Waals surface area contributed by atoms with Crippen LogP contribution in [0.5, 0.6) is 0 Å². The second-order valence-corrected chi connectivity index (χ2v) is 24.8. The van der Waals surface area contributed by atoms with Gasteiger partial charge in [-0.2, -0.15) is 0 Å². The Morgan fingerprint density at radius 3 is 1.40 bits per heavy atom. The van der Waals surface area contributed by atoms with Crippen molar-refractivity contribution in [1.82, 2.24) is 42.1 Å². The van der Waals surface area contributed by atoms with Crippen molar-refractivity contribution in [1.29, 1.82) is 0 Å². The van der Waals surface area contributed by atoms with Gasteiger partial charge in [-0.15, -0.1) is 0 Å². The summed E-state index contributed by atoms with van der Waals surface area (Å²) in [6.07, 6.45) is -0.881. The van der Waals surface area contributed by atoms with E-state index in [0.29, 0.717) is 136 Å². The molecule has 14 N–H and O–H groups in total. The predicted octanol–water partition coefficient (Wildman–Crippen LogP) is -0.367. The summed E-state index contributed by atoms with van der Waals surface area (Å²) in [4.78, 5) is 115. The number of alkyl carbamates (subject to hydrolysis) is 2. The van der Waals surface area contributed by atoms with E-state index >= 15 is 0 Å². The third kappa shape index (κ3) is 33.8. The van der Waals surface area contributed by atoms with E-state index in [2.05, 4.69) is 37.2 Å². The molecule has 0 spiro atoms. The molecule has 12 atom stereocenters. The Bertz CT molecular complexity index is 2170. The summed E-state index contributed by atoms with van der Waals surface area (Å²) in [5.41, 5.74) is -0.915. The molecule has 3 fully saturated rings. The number of carbonyl (C=O) groups excluding carboxylic acids is 9. The molecule has 554 valence electrons. The fourth-order valence-corrected chi connectivity index (χ4v) is 11.7. The number of aliphatic hydroxyl groups excluding tert-OH is 7. The molecule has 0 aromatic carbocycles. The van der Waals surface area contributed by atoms with Gasteiger partial charge in [0, 0.05) is 111 Å². The number of hydrogen-bond donors (Lipinski definition) is 14. The average Bonchev–Trinajstić information content (AvgIpc) is 1.04. The molecule has 0 radical (unpaired) electrons. The van der Waals surface area contributed by atoms with Crippen LogP contribution in [-0.2, 0) is 71.5 Å². The summed E-state index contributed by atoms with van der Waals surface area (Å²) in [6.45, 7) is 3.73. The van der Waals surface area contributed by atoms with Crippen LogP contribution in [0, 0.1) is 0 Å². The van der Waals surface area contributed by atoms with E-state index in [1.165, 1.54) is 13.8 Å². The number of carbonyl (C=O) groups is 9. The minimum atomic E-state index is -1.44. The first-order chi connectivity index (χ1) is 46.1. The molecular formula is C64H114N8O24. The minimum Gasteiger partial charge on any atom is -0.450 e. The largest absolute Gasteiger partial charge is 0.450 e. The smallest absolute Gasteiger partial charge is 0.407 e. The third-order valence-electron chi connectivity index (χ3n) is 17.0. The maximum Gasteiger partial charge on any atom is 0.407 e. The summed E-state index contributed by atoms with van der Waals surface area (Å²) in [7, 11) is 3.21. The number of nitrogens with zero attached hydrogens (tertiary/aromatic N) is 1. The third-order valence-corrected chi connectivity index (χ3v) is 17.0. The van der Waals surface area contributed by atoms with E-state index in [0.717, 1.165) is 25.7 Å². The first-order valence-electron chi connectivity index (χ1n) is 34.2. The monoisotopic (exact) mass is 1380 g/mol. The highest BCUT2D eigenvalue weighted by molar-refractivity contribution is 5.85. The van der Waals surface area contributed by atoms with E-state index in [1.807, 2.05) is 0 Å². The van der Waals surface area contributed by atoms with E-state index in [9.17, 15) is 78.9 Å². The molecular weight excluding hydrogens is 1260 g/mol. The van der Waals surface area contributed by atoms with Gasteiger partial charge < -0.3 is 116 Å². The van der Waals surface area contributed by atoms with Gasteiger partial charge in [0.15, 0.2) is 12.6 Å².